The Kier molecular flexibility index (Phi) is 6.58. The van der Waals surface area contributed by atoms with Crippen molar-refractivity contribution < 1.29 is 9.90 Å². The van der Waals surface area contributed by atoms with E-state index in [0.29, 0.717) is 18.2 Å². The zero-order valence-electron chi connectivity index (χ0n) is 14.3. The van der Waals surface area contributed by atoms with Crippen molar-refractivity contribution in [3.8, 4) is 0 Å². The first-order valence-corrected chi connectivity index (χ1v) is 10.0. The highest BCUT2D eigenvalue weighted by Crippen LogP contribution is 2.27. The summed E-state index contributed by atoms with van der Waals surface area (Å²) in [4.78, 5) is 18.1. The maximum atomic E-state index is 12.5. The Labute approximate surface area is 149 Å². The van der Waals surface area contributed by atoms with Gasteiger partial charge < -0.3 is 14.9 Å². The highest BCUT2D eigenvalue weighted by Gasteiger charge is 2.35. The molecule has 2 aliphatic rings. The van der Waals surface area contributed by atoms with Crippen LogP contribution in [-0.4, -0.2) is 65.9 Å². The van der Waals surface area contributed by atoms with E-state index in [4.69, 9.17) is 0 Å². The Morgan fingerprint density at radius 1 is 1.08 bits per heavy atom. The first kappa shape index (κ1) is 17.8. The number of aliphatic hydroxyl groups excluding tert-OH is 1. The van der Waals surface area contributed by atoms with Crippen molar-refractivity contribution in [3.63, 3.8) is 0 Å². The molecular weight excluding hydrogens is 320 g/mol. The predicted octanol–water partition coefficient (Wildman–Crippen LogP) is 2.33. The van der Waals surface area contributed by atoms with E-state index in [1.165, 1.54) is 32.4 Å². The molecule has 132 valence electrons. The van der Waals surface area contributed by atoms with E-state index in [-0.39, 0.29) is 18.4 Å². The smallest absolute Gasteiger partial charge is 0.232 e. The minimum absolute atomic E-state index is 0.189. The average molecular weight is 349 g/mol. The number of carbonyl (C=O) groups excluding carboxylic acids is 1. The summed E-state index contributed by atoms with van der Waals surface area (Å²) in [6.07, 6.45) is 3.91. The van der Waals surface area contributed by atoms with E-state index in [9.17, 15) is 9.90 Å². The molecule has 2 aliphatic heterocycles. The van der Waals surface area contributed by atoms with Crippen LogP contribution in [0, 0.1) is 11.8 Å². The molecule has 1 aromatic rings. The molecule has 5 heteroatoms. The Hall–Kier alpha value is -1.04. The molecular formula is C19H28N2O2S. The SMILES string of the molecule is O=C(CSc1ccccc1)N1C[C@@H](CN2CCCCC2)[C@@H](CO)C1. The second-order valence-electron chi connectivity index (χ2n) is 6.96. The summed E-state index contributed by atoms with van der Waals surface area (Å²) < 4.78 is 0. The summed E-state index contributed by atoms with van der Waals surface area (Å²) >= 11 is 1.60. The van der Waals surface area contributed by atoms with Crippen molar-refractivity contribution in [2.24, 2.45) is 11.8 Å². The van der Waals surface area contributed by atoms with Gasteiger partial charge in [-0.05, 0) is 44.0 Å². The maximum Gasteiger partial charge on any atom is 0.232 e. The third-order valence-corrected chi connectivity index (χ3v) is 6.21. The predicted molar refractivity (Wildman–Crippen MR) is 98.1 cm³/mol. The number of hydrogen-bond donors (Lipinski definition) is 1. The lowest BCUT2D eigenvalue weighted by atomic mass is 9.95. The molecule has 0 bridgehead atoms. The van der Waals surface area contributed by atoms with Crippen LogP contribution in [0.3, 0.4) is 0 Å². The molecule has 0 unspecified atom stereocenters. The molecule has 0 spiro atoms. The summed E-state index contributed by atoms with van der Waals surface area (Å²) in [5.41, 5.74) is 0. The standard InChI is InChI=1S/C19H28N2O2S/c22-14-17-13-21(12-16(17)11-20-9-5-2-6-10-20)19(23)15-24-18-7-3-1-4-8-18/h1,3-4,7-8,16-17,22H,2,5-6,9-15H2/t16-,17-/m1/s1. The number of piperidine rings is 1. The fourth-order valence-corrected chi connectivity index (χ4v) is 4.61. The molecule has 0 saturated carbocycles. The summed E-state index contributed by atoms with van der Waals surface area (Å²) in [6, 6.07) is 10.1. The quantitative estimate of drug-likeness (QED) is 0.802. The average Bonchev–Trinajstić information content (AvgIpc) is 3.04. The Balaban J connectivity index is 1.50. The number of benzene rings is 1. The van der Waals surface area contributed by atoms with Gasteiger partial charge in [0.2, 0.25) is 5.91 Å². The monoisotopic (exact) mass is 348 g/mol. The lowest BCUT2D eigenvalue weighted by Gasteiger charge is -2.30. The summed E-state index contributed by atoms with van der Waals surface area (Å²) in [7, 11) is 0. The molecule has 1 aromatic carbocycles. The van der Waals surface area contributed by atoms with Gasteiger partial charge in [-0.2, -0.15) is 0 Å². The van der Waals surface area contributed by atoms with Gasteiger partial charge in [-0.15, -0.1) is 11.8 Å². The van der Waals surface area contributed by atoms with Crippen LogP contribution in [-0.2, 0) is 4.79 Å². The highest BCUT2D eigenvalue weighted by molar-refractivity contribution is 8.00. The molecule has 2 atom stereocenters. The van der Waals surface area contributed by atoms with Crippen LogP contribution in [0.2, 0.25) is 0 Å². The molecule has 2 fully saturated rings. The van der Waals surface area contributed by atoms with Crippen molar-refractivity contribution in [1.82, 2.24) is 9.80 Å². The lowest BCUT2D eigenvalue weighted by molar-refractivity contribution is -0.127. The number of carbonyl (C=O) groups is 1. The van der Waals surface area contributed by atoms with Crippen LogP contribution in [0.4, 0.5) is 0 Å². The van der Waals surface area contributed by atoms with Gasteiger partial charge in [-0.1, -0.05) is 24.6 Å². The first-order chi connectivity index (χ1) is 11.8. The van der Waals surface area contributed by atoms with E-state index < -0.39 is 0 Å². The minimum atomic E-state index is 0.189. The van der Waals surface area contributed by atoms with Crippen molar-refractivity contribution in [3.05, 3.63) is 30.3 Å². The maximum absolute atomic E-state index is 12.5. The van der Waals surface area contributed by atoms with Crippen LogP contribution >= 0.6 is 11.8 Å². The number of nitrogens with zero attached hydrogens (tertiary/aromatic N) is 2. The topological polar surface area (TPSA) is 43.8 Å². The van der Waals surface area contributed by atoms with Crippen molar-refractivity contribution in [2.75, 3.05) is 45.1 Å². The van der Waals surface area contributed by atoms with Gasteiger partial charge >= 0.3 is 0 Å². The Bertz CT molecular complexity index is 519. The summed E-state index contributed by atoms with van der Waals surface area (Å²) in [6.45, 7) is 5.08. The van der Waals surface area contributed by atoms with Crippen molar-refractivity contribution in [1.29, 1.82) is 0 Å². The number of likely N-dealkylation sites (tertiary alicyclic amines) is 2. The number of hydrogen-bond acceptors (Lipinski definition) is 4. The van der Waals surface area contributed by atoms with E-state index >= 15 is 0 Å². The number of rotatable bonds is 6. The van der Waals surface area contributed by atoms with E-state index in [0.717, 1.165) is 18.0 Å². The molecule has 0 aromatic heterocycles. The molecule has 24 heavy (non-hydrogen) atoms. The zero-order chi connectivity index (χ0) is 16.8. The van der Waals surface area contributed by atoms with Crippen molar-refractivity contribution >= 4 is 17.7 Å². The molecule has 1 amide bonds. The normalized spacial score (nSPS) is 25.1. The second-order valence-corrected chi connectivity index (χ2v) is 8.01. The second kappa shape index (κ2) is 8.88. The third kappa shape index (κ3) is 4.74. The van der Waals surface area contributed by atoms with E-state index in [1.807, 2.05) is 35.2 Å². The Morgan fingerprint density at radius 3 is 2.50 bits per heavy atom. The largest absolute Gasteiger partial charge is 0.396 e. The Morgan fingerprint density at radius 2 is 1.79 bits per heavy atom. The highest BCUT2D eigenvalue weighted by atomic mass is 32.2. The molecule has 4 nitrogen and oxygen atoms in total. The van der Waals surface area contributed by atoms with Gasteiger partial charge in [0.15, 0.2) is 0 Å². The molecule has 2 heterocycles. The molecule has 0 aliphatic carbocycles. The molecule has 3 rings (SSSR count). The van der Waals surface area contributed by atoms with E-state index in [1.54, 1.807) is 11.8 Å². The third-order valence-electron chi connectivity index (χ3n) is 5.21. The molecule has 2 saturated heterocycles. The van der Waals surface area contributed by atoms with Crippen LogP contribution in [0.5, 0.6) is 0 Å². The summed E-state index contributed by atoms with van der Waals surface area (Å²) in [5, 5.41) is 9.71. The van der Waals surface area contributed by atoms with Crippen LogP contribution in [0.25, 0.3) is 0 Å². The number of aliphatic hydroxyl groups is 1. The van der Waals surface area contributed by atoms with Gasteiger partial charge in [0.1, 0.15) is 0 Å². The van der Waals surface area contributed by atoms with Gasteiger partial charge in [-0.3, -0.25) is 4.79 Å². The zero-order valence-corrected chi connectivity index (χ0v) is 15.1. The van der Waals surface area contributed by atoms with Crippen molar-refractivity contribution in [2.45, 2.75) is 24.2 Å². The fourth-order valence-electron chi connectivity index (χ4n) is 3.78. The first-order valence-electron chi connectivity index (χ1n) is 9.05. The minimum Gasteiger partial charge on any atom is -0.396 e. The van der Waals surface area contributed by atoms with Gasteiger partial charge in [0.05, 0.1) is 5.75 Å². The van der Waals surface area contributed by atoms with E-state index in [2.05, 4.69) is 4.90 Å². The molecule has 0 radical (unpaired) electrons. The fraction of sp³-hybridized carbons (Fsp3) is 0.632. The molecule has 1 N–H and O–H groups in total. The van der Waals surface area contributed by atoms with Gasteiger partial charge in [0.25, 0.3) is 0 Å². The van der Waals surface area contributed by atoms with Crippen LogP contribution < -0.4 is 0 Å². The lowest BCUT2D eigenvalue weighted by Crippen LogP contribution is -2.37. The van der Waals surface area contributed by atoms with Gasteiger partial charge in [0, 0.05) is 37.1 Å². The summed E-state index contributed by atoms with van der Waals surface area (Å²) in [5.74, 6) is 1.33. The van der Waals surface area contributed by atoms with Crippen LogP contribution in [0.15, 0.2) is 35.2 Å². The van der Waals surface area contributed by atoms with Crippen LogP contribution in [0.1, 0.15) is 19.3 Å². The number of thioether (sulfide) groups is 1. The number of amides is 1. The van der Waals surface area contributed by atoms with Gasteiger partial charge in [-0.25, -0.2) is 0 Å².